The highest BCUT2D eigenvalue weighted by molar-refractivity contribution is 5.82. The summed E-state index contributed by atoms with van der Waals surface area (Å²) in [7, 11) is 0. The fraction of sp³-hybridized carbons (Fsp3) is 0.800. The number of hydrogen-bond donors (Lipinski definition) is 0. The minimum absolute atomic E-state index is 0.00796. The Morgan fingerprint density at radius 1 is 1.00 bits per heavy atom. The van der Waals surface area contributed by atoms with Crippen molar-refractivity contribution >= 4 is 11.6 Å². The minimum atomic E-state index is -0.975. The number of carbonyl (C=O) groups is 2. The summed E-state index contributed by atoms with van der Waals surface area (Å²) in [6, 6.07) is 0. The van der Waals surface area contributed by atoms with Gasteiger partial charge in [0.05, 0.1) is 0 Å². The van der Waals surface area contributed by atoms with E-state index in [1.165, 1.54) is 13.8 Å². The maximum Gasteiger partial charge on any atom is 0.133 e. The summed E-state index contributed by atoms with van der Waals surface area (Å²) in [4.78, 5) is 22.1. The van der Waals surface area contributed by atoms with E-state index in [-0.39, 0.29) is 23.4 Å². The molecule has 13 heavy (non-hydrogen) atoms. The lowest BCUT2D eigenvalue weighted by Gasteiger charge is -2.28. The normalized spacial score (nSPS) is 34.2. The van der Waals surface area contributed by atoms with E-state index < -0.39 is 6.17 Å². The summed E-state index contributed by atoms with van der Waals surface area (Å²) in [6.07, 6.45) is 0.181. The van der Waals surface area contributed by atoms with E-state index in [0.29, 0.717) is 19.3 Å². The molecule has 0 saturated heterocycles. The average Bonchev–Trinajstić information content (AvgIpc) is 2.03. The van der Waals surface area contributed by atoms with Crippen LogP contribution in [0.25, 0.3) is 0 Å². The van der Waals surface area contributed by atoms with Gasteiger partial charge in [0.1, 0.15) is 17.7 Å². The van der Waals surface area contributed by atoms with Crippen molar-refractivity contribution in [3.8, 4) is 0 Å². The van der Waals surface area contributed by atoms with Gasteiger partial charge in [-0.1, -0.05) is 0 Å². The Morgan fingerprint density at radius 2 is 1.38 bits per heavy atom. The van der Waals surface area contributed by atoms with Crippen LogP contribution in [0.2, 0.25) is 0 Å². The van der Waals surface area contributed by atoms with Gasteiger partial charge in [-0.25, -0.2) is 4.39 Å². The summed E-state index contributed by atoms with van der Waals surface area (Å²) in [5.41, 5.74) is 0. The van der Waals surface area contributed by atoms with E-state index in [1.807, 2.05) is 0 Å². The van der Waals surface area contributed by atoms with Crippen LogP contribution in [0, 0.1) is 11.8 Å². The number of carbonyl (C=O) groups excluding carboxylic acids is 2. The van der Waals surface area contributed by atoms with E-state index in [0.717, 1.165) is 0 Å². The van der Waals surface area contributed by atoms with Gasteiger partial charge in [0.25, 0.3) is 0 Å². The maximum absolute atomic E-state index is 13.1. The van der Waals surface area contributed by atoms with Crippen molar-refractivity contribution in [2.45, 2.75) is 39.3 Å². The average molecular weight is 186 g/mol. The molecule has 1 saturated carbocycles. The van der Waals surface area contributed by atoms with Crippen LogP contribution >= 0.6 is 0 Å². The summed E-state index contributed by atoms with van der Waals surface area (Å²) in [6.45, 7) is 2.94. The number of alkyl halides is 1. The van der Waals surface area contributed by atoms with Crippen LogP contribution in [0.5, 0.6) is 0 Å². The van der Waals surface area contributed by atoms with Crippen LogP contribution in [0.1, 0.15) is 33.1 Å². The highest BCUT2D eigenvalue weighted by Gasteiger charge is 2.33. The zero-order valence-corrected chi connectivity index (χ0v) is 8.05. The molecule has 0 aromatic heterocycles. The summed E-state index contributed by atoms with van der Waals surface area (Å²) >= 11 is 0. The third-order valence-electron chi connectivity index (χ3n) is 2.80. The van der Waals surface area contributed by atoms with Gasteiger partial charge in [0.15, 0.2) is 0 Å². The summed E-state index contributed by atoms with van der Waals surface area (Å²) in [5, 5.41) is 0. The summed E-state index contributed by atoms with van der Waals surface area (Å²) in [5.74, 6) is -0.461. The molecule has 0 radical (unpaired) electrons. The second-order valence-corrected chi connectivity index (χ2v) is 3.92. The second kappa shape index (κ2) is 3.99. The zero-order valence-electron chi connectivity index (χ0n) is 8.05. The molecule has 0 amide bonds. The van der Waals surface area contributed by atoms with Gasteiger partial charge < -0.3 is 0 Å². The number of halogens is 1. The Balaban J connectivity index is 2.62. The van der Waals surface area contributed by atoms with Gasteiger partial charge in [-0.05, 0) is 33.1 Å². The van der Waals surface area contributed by atoms with E-state index >= 15 is 0 Å². The van der Waals surface area contributed by atoms with Gasteiger partial charge in [-0.2, -0.15) is 0 Å². The van der Waals surface area contributed by atoms with Crippen LogP contribution in [-0.2, 0) is 9.59 Å². The highest BCUT2D eigenvalue weighted by atomic mass is 19.1. The van der Waals surface area contributed by atoms with E-state index in [1.54, 1.807) is 0 Å². The Morgan fingerprint density at radius 3 is 1.69 bits per heavy atom. The first-order chi connectivity index (χ1) is 6.00. The molecule has 1 fully saturated rings. The van der Waals surface area contributed by atoms with Crippen molar-refractivity contribution in [2.75, 3.05) is 0 Å². The monoisotopic (exact) mass is 186 g/mol. The van der Waals surface area contributed by atoms with Crippen molar-refractivity contribution in [1.29, 1.82) is 0 Å². The van der Waals surface area contributed by atoms with Crippen molar-refractivity contribution in [3.63, 3.8) is 0 Å². The Bertz CT molecular complexity index is 203. The largest absolute Gasteiger partial charge is 0.300 e. The van der Waals surface area contributed by atoms with Crippen molar-refractivity contribution in [1.82, 2.24) is 0 Å². The standard InChI is InChI=1S/C10H15FO2/c1-6(12)8-3-9(7(2)13)5-10(11)4-8/h8-10H,3-5H2,1-2H3. The first-order valence-electron chi connectivity index (χ1n) is 4.65. The predicted molar refractivity (Wildman–Crippen MR) is 47.1 cm³/mol. The molecule has 0 bridgehead atoms. The third-order valence-corrected chi connectivity index (χ3v) is 2.80. The molecule has 1 aliphatic rings. The molecule has 0 aliphatic heterocycles. The quantitative estimate of drug-likeness (QED) is 0.660. The Hall–Kier alpha value is -0.730. The van der Waals surface area contributed by atoms with Gasteiger partial charge in [-0.15, -0.1) is 0 Å². The molecule has 0 aromatic carbocycles. The first-order valence-corrected chi connectivity index (χ1v) is 4.65. The van der Waals surface area contributed by atoms with Gasteiger partial charge in [-0.3, -0.25) is 9.59 Å². The van der Waals surface area contributed by atoms with E-state index in [9.17, 15) is 14.0 Å². The number of rotatable bonds is 2. The fourth-order valence-corrected chi connectivity index (χ4v) is 1.91. The lowest BCUT2D eigenvalue weighted by Crippen LogP contribution is -2.31. The molecule has 1 rings (SSSR count). The lowest BCUT2D eigenvalue weighted by atomic mass is 9.77. The van der Waals surface area contributed by atoms with Gasteiger partial charge >= 0.3 is 0 Å². The molecule has 1 aliphatic carbocycles. The SMILES string of the molecule is CC(=O)C1CC(F)CC(C(C)=O)C1. The maximum atomic E-state index is 13.1. The van der Waals surface area contributed by atoms with Crippen molar-refractivity contribution in [3.05, 3.63) is 0 Å². The van der Waals surface area contributed by atoms with Gasteiger partial charge in [0.2, 0.25) is 0 Å². The summed E-state index contributed by atoms with van der Waals surface area (Å²) < 4.78 is 13.1. The molecule has 74 valence electrons. The van der Waals surface area contributed by atoms with Crippen molar-refractivity contribution in [2.24, 2.45) is 11.8 Å². The first kappa shape index (κ1) is 10.4. The Labute approximate surface area is 77.5 Å². The highest BCUT2D eigenvalue weighted by Crippen LogP contribution is 2.32. The number of Topliss-reactive ketones (excluding diaryl/α,β-unsaturated/α-hetero) is 2. The molecule has 0 N–H and O–H groups in total. The fourth-order valence-electron chi connectivity index (χ4n) is 1.91. The van der Waals surface area contributed by atoms with Crippen LogP contribution < -0.4 is 0 Å². The molecule has 2 unspecified atom stereocenters. The lowest BCUT2D eigenvalue weighted by molar-refractivity contribution is -0.127. The molecule has 3 heteroatoms. The topological polar surface area (TPSA) is 34.1 Å². The minimum Gasteiger partial charge on any atom is -0.300 e. The third kappa shape index (κ3) is 2.61. The van der Waals surface area contributed by atoms with E-state index in [4.69, 9.17) is 0 Å². The number of hydrogen-bond acceptors (Lipinski definition) is 2. The zero-order chi connectivity index (χ0) is 10.0. The molecule has 0 aromatic rings. The predicted octanol–water partition coefficient (Wildman–Crippen LogP) is 1.92. The molecule has 2 atom stereocenters. The second-order valence-electron chi connectivity index (χ2n) is 3.92. The number of ketones is 2. The Kier molecular flexibility index (Phi) is 3.17. The van der Waals surface area contributed by atoms with E-state index in [2.05, 4.69) is 0 Å². The van der Waals surface area contributed by atoms with Crippen LogP contribution in [0.4, 0.5) is 4.39 Å². The van der Waals surface area contributed by atoms with Crippen LogP contribution in [-0.4, -0.2) is 17.7 Å². The molecule has 2 nitrogen and oxygen atoms in total. The smallest absolute Gasteiger partial charge is 0.133 e. The van der Waals surface area contributed by atoms with Crippen molar-refractivity contribution < 1.29 is 14.0 Å². The molecule has 0 heterocycles. The molecule has 0 spiro atoms. The molecular weight excluding hydrogens is 171 g/mol. The van der Waals surface area contributed by atoms with Crippen LogP contribution in [0.15, 0.2) is 0 Å². The van der Waals surface area contributed by atoms with Crippen LogP contribution in [0.3, 0.4) is 0 Å². The van der Waals surface area contributed by atoms with Gasteiger partial charge in [0, 0.05) is 11.8 Å². The molecular formula is C10H15FO2.